The van der Waals surface area contributed by atoms with Crippen molar-refractivity contribution in [2.24, 2.45) is 0 Å². The Morgan fingerprint density at radius 1 is 0.943 bits per heavy atom. The molecule has 5 atom stereocenters. The van der Waals surface area contributed by atoms with E-state index in [4.69, 9.17) is 23.4 Å². The van der Waals surface area contributed by atoms with E-state index < -0.39 is 54.2 Å². The Bertz CT molecular complexity index is 1280. The topological polar surface area (TPSA) is 189 Å². The summed E-state index contributed by atoms with van der Waals surface area (Å²) in [6, 6.07) is 6.74. The minimum atomic E-state index is -1.75. The fourth-order valence-corrected chi connectivity index (χ4v) is 3.78. The van der Waals surface area contributed by atoms with Crippen molar-refractivity contribution in [2.75, 3.05) is 20.8 Å². The van der Waals surface area contributed by atoms with Gasteiger partial charge in [0.15, 0.2) is 28.4 Å². The Morgan fingerprint density at radius 2 is 1.66 bits per heavy atom. The van der Waals surface area contributed by atoms with Gasteiger partial charge in [0.05, 0.1) is 20.8 Å². The molecular weight excluding hydrogens is 468 g/mol. The van der Waals surface area contributed by atoms with Gasteiger partial charge in [-0.3, -0.25) is 4.79 Å². The molecule has 4 rings (SSSR count). The standard InChI is InChI=1S/C23H24O12/c1-31-13-5-9(3-4-10(13)25)12-6-11(26)17-14(33-12)7-15(32-2)22(19(17)28)35-23-21(30)20(29)18(27)16(8-24)34-23/h3-7,16,18,20-21,23-25,27-30H,8H2,1-2H3/t16-,18+,20-,21+,23-/m0/s1. The van der Waals surface area contributed by atoms with Gasteiger partial charge in [-0.2, -0.15) is 0 Å². The number of benzene rings is 2. The molecule has 2 heterocycles. The summed E-state index contributed by atoms with van der Waals surface area (Å²) in [6.07, 6.45) is -7.95. The molecule has 1 saturated heterocycles. The average molecular weight is 492 g/mol. The molecule has 12 heteroatoms. The minimum Gasteiger partial charge on any atom is -0.504 e. The third-order valence-corrected chi connectivity index (χ3v) is 5.68. The van der Waals surface area contributed by atoms with Crippen LogP contribution in [0.2, 0.25) is 0 Å². The molecule has 12 nitrogen and oxygen atoms in total. The molecule has 0 saturated carbocycles. The first-order valence-corrected chi connectivity index (χ1v) is 10.4. The summed E-state index contributed by atoms with van der Waals surface area (Å²) in [5.74, 6) is -1.00. The van der Waals surface area contributed by atoms with Gasteiger partial charge in [-0.25, -0.2) is 0 Å². The highest BCUT2D eigenvalue weighted by Crippen LogP contribution is 2.44. The minimum absolute atomic E-state index is 0.0601. The van der Waals surface area contributed by atoms with Crippen molar-refractivity contribution in [3.63, 3.8) is 0 Å². The van der Waals surface area contributed by atoms with Gasteiger partial charge >= 0.3 is 0 Å². The summed E-state index contributed by atoms with van der Waals surface area (Å²) in [6.45, 7) is -0.681. The Hall–Kier alpha value is -3.55. The van der Waals surface area contributed by atoms with Crippen LogP contribution in [0.5, 0.6) is 28.7 Å². The lowest BCUT2D eigenvalue weighted by molar-refractivity contribution is -0.277. The van der Waals surface area contributed by atoms with E-state index in [2.05, 4.69) is 0 Å². The van der Waals surface area contributed by atoms with Gasteiger partial charge in [0.1, 0.15) is 41.1 Å². The summed E-state index contributed by atoms with van der Waals surface area (Å²) in [4.78, 5) is 12.9. The molecule has 0 radical (unpaired) electrons. The second-order valence-electron chi connectivity index (χ2n) is 7.81. The van der Waals surface area contributed by atoms with E-state index in [-0.39, 0.29) is 34.0 Å². The van der Waals surface area contributed by atoms with Crippen LogP contribution in [0.1, 0.15) is 0 Å². The molecule has 35 heavy (non-hydrogen) atoms. The van der Waals surface area contributed by atoms with Gasteiger partial charge in [0, 0.05) is 17.7 Å². The second-order valence-corrected chi connectivity index (χ2v) is 7.81. The van der Waals surface area contributed by atoms with Crippen LogP contribution in [0.4, 0.5) is 0 Å². The van der Waals surface area contributed by atoms with Crippen LogP contribution < -0.4 is 19.6 Å². The van der Waals surface area contributed by atoms with Crippen molar-refractivity contribution in [3.8, 4) is 40.1 Å². The smallest absolute Gasteiger partial charge is 0.229 e. The van der Waals surface area contributed by atoms with E-state index in [1.807, 2.05) is 0 Å². The highest BCUT2D eigenvalue weighted by molar-refractivity contribution is 5.89. The summed E-state index contributed by atoms with van der Waals surface area (Å²) in [7, 11) is 2.63. The summed E-state index contributed by atoms with van der Waals surface area (Å²) in [5.41, 5.74) is -0.291. The van der Waals surface area contributed by atoms with Crippen molar-refractivity contribution in [1.82, 2.24) is 0 Å². The fourth-order valence-electron chi connectivity index (χ4n) is 3.78. The molecule has 188 valence electrons. The van der Waals surface area contributed by atoms with Crippen LogP contribution in [-0.4, -0.2) is 82.2 Å². The maximum atomic E-state index is 12.9. The lowest BCUT2D eigenvalue weighted by atomic mass is 9.99. The van der Waals surface area contributed by atoms with Crippen LogP contribution in [0.15, 0.2) is 39.5 Å². The van der Waals surface area contributed by atoms with Crippen molar-refractivity contribution < 1.29 is 54.0 Å². The Labute approximate surface area is 197 Å². The van der Waals surface area contributed by atoms with E-state index in [0.717, 1.165) is 6.07 Å². The number of aromatic hydroxyl groups is 2. The molecular formula is C23H24O12. The summed E-state index contributed by atoms with van der Waals surface area (Å²) in [5, 5.41) is 60.0. The fraction of sp³-hybridized carbons (Fsp3) is 0.348. The maximum Gasteiger partial charge on any atom is 0.229 e. The Balaban J connectivity index is 1.78. The van der Waals surface area contributed by atoms with Crippen LogP contribution in [0, 0.1) is 0 Å². The van der Waals surface area contributed by atoms with E-state index >= 15 is 0 Å². The molecule has 1 aliphatic rings. The number of hydrogen-bond acceptors (Lipinski definition) is 12. The van der Waals surface area contributed by atoms with Crippen molar-refractivity contribution >= 4 is 11.0 Å². The molecule has 3 aromatic rings. The normalized spacial score (nSPS) is 24.3. The van der Waals surface area contributed by atoms with Crippen LogP contribution in [0.25, 0.3) is 22.3 Å². The number of aliphatic hydroxyl groups excluding tert-OH is 4. The zero-order valence-electron chi connectivity index (χ0n) is 18.6. The average Bonchev–Trinajstić information content (AvgIpc) is 2.85. The molecule has 6 N–H and O–H groups in total. The molecule has 2 aromatic carbocycles. The highest BCUT2D eigenvalue weighted by atomic mass is 16.7. The lowest BCUT2D eigenvalue weighted by Gasteiger charge is -2.39. The predicted octanol–water partition coefficient (Wildman–Crippen LogP) is 0.0671. The maximum absolute atomic E-state index is 12.9. The third-order valence-electron chi connectivity index (χ3n) is 5.68. The van der Waals surface area contributed by atoms with Crippen LogP contribution >= 0.6 is 0 Å². The zero-order valence-corrected chi connectivity index (χ0v) is 18.6. The van der Waals surface area contributed by atoms with Gasteiger partial charge in [-0.05, 0) is 18.2 Å². The number of hydrogen-bond donors (Lipinski definition) is 6. The first kappa shape index (κ1) is 24.6. The van der Waals surface area contributed by atoms with Gasteiger partial charge in [-0.15, -0.1) is 0 Å². The number of ether oxygens (including phenoxy) is 4. The molecule has 0 aliphatic carbocycles. The van der Waals surface area contributed by atoms with Crippen LogP contribution in [-0.2, 0) is 4.74 Å². The number of phenolic OH excluding ortho intramolecular Hbond substituents is 2. The zero-order chi connectivity index (χ0) is 25.4. The molecule has 0 unspecified atom stereocenters. The largest absolute Gasteiger partial charge is 0.504 e. The van der Waals surface area contributed by atoms with Gasteiger partial charge in [0.25, 0.3) is 0 Å². The monoisotopic (exact) mass is 492 g/mol. The van der Waals surface area contributed by atoms with E-state index in [1.54, 1.807) is 0 Å². The van der Waals surface area contributed by atoms with E-state index in [0.29, 0.717) is 5.56 Å². The lowest BCUT2D eigenvalue weighted by Crippen LogP contribution is -2.60. The Kier molecular flexibility index (Phi) is 6.74. The first-order valence-electron chi connectivity index (χ1n) is 10.4. The number of fused-ring (bicyclic) bond motifs is 1. The van der Waals surface area contributed by atoms with Gasteiger partial charge in [0.2, 0.25) is 12.0 Å². The van der Waals surface area contributed by atoms with E-state index in [1.165, 1.54) is 38.5 Å². The van der Waals surface area contributed by atoms with Gasteiger partial charge < -0.3 is 54.0 Å². The third kappa shape index (κ3) is 4.33. The molecule has 0 bridgehead atoms. The molecule has 0 amide bonds. The predicted molar refractivity (Wildman–Crippen MR) is 119 cm³/mol. The number of phenols is 2. The van der Waals surface area contributed by atoms with Gasteiger partial charge in [-0.1, -0.05) is 0 Å². The molecule has 1 aliphatic heterocycles. The van der Waals surface area contributed by atoms with Crippen molar-refractivity contribution in [1.29, 1.82) is 0 Å². The van der Waals surface area contributed by atoms with Crippen LogP contribution in [0.3, 0.4) is 0 Å². The quantitative estimate of drug-likeness (QED) is 0.272. The highest BCUT2D eigenvalue weighted by Gasteiger charge is 2.45. The van der Waals surface area contributed by atoms with Crippen molar-refractivity contribution in [3.05, 3.63) is 40.6 Å². The van der Waals surface area contributed by atoms with Crippen molar-refractivity contribution in [2.45, 2.75) is 30.7 Å². The molecule has 1 fully saturated rings. The number of aliphatic hydroxyl groups is 4. The summed E-state index contributed by atoms with van der Waals surface area (Å²) < 4.78 is 27.0. The molecule has 1 aromatic heterocycles. The number of methoxy groups -OCH3 is 2. The first-order chi connectivity index (χ1) is 16.7. The van der Waals surface area contributed by atoms with E-state index in [9.17, 15) is 35.4 Å². The number of rotatable bonds is 6. The summed E-state index contributed by atoms with van der Waals surface area (Å²) >= 11 is 0. The Morgan fingerprint density at radius 3 is 2.31 bits per heavy atom. The second kappa shape index (κ2) is 9.60. The molecule has 0 spiro atoms. The SMILES string of the molecule is COc1cc(-c2cc(=O)c3c(O)c(O[C@@H]4O[C@@H](CO)[C@@H](O)[C@H](O)[C@H]4O)c(OC)cc3o2)ccc1O.